The van der Waals surface area contributed by atoms with Crippen molar-refractivity contribution in [3.8, 4) is 5.88 Å². The van der Waals surface area contributed by atoms with Crippen LogP contribution in [0.15, 0.2) is 40.9 Å². The van der Waals surface area contributed by atoms with E-state index in [1.54, 1.807) is 0 Å². The fourth-order valence-corrected chi connectivity index (χ4v) is 1.65. The zero-order chi connectivity index (χ0) is 15.1. The predicted octanol–water partition coefficient (Wildman–Crippen LogP) is 1.54. The van der Waals surface area contributed by atoms with Gasteiger partial charge in [0.15, 0.2) is 0 Å². The minimum Gasteiger partial charge on any atom is -0.471 e. The minimum atomic E-state index is -0.293. The number of nitrogens with zero attached hydrogens (tertiary/aromatic N) is 2. The summed E-state index contributed by atoms with van der Waals surface area (Å²) in [6.45, 7) is 1.69. The first-order valence-electron chi connectivity index (χ1n) is 6.71. The molecule has 1 aromatic heterocycles. The SMILES string of the molecule is CN(C)CCNC(=O)c1cc(OCc2ccccc2)no1. The summed E-state index contributed by atoms with van der Waals surface area (Å²) in [5, 5.41) is 6.47. The van der Waals surface area contributed by atoms with E-state index in [2.05, 4.69) is 10.5 Å². The lowest BCUT2D eigenvalue weighted by Crippen LogP contribution is -2.31. The minimum absolute atomic E-state index is 0.150. The van der Waals surface area contributed by atoms with Crippen LogP contribution in [0.1, 0.15) is 16.1 Å². The van der Waals surface area contributed by atoms with E-state index < -0.39 is 0 Å². The van der Waals surface area contributed by atoms with E-state index >= 15 is 0 Å². The largest absolute Gasteiger partial charge is 0.471 e. The number of aromatic nitrogens is 1. The van der Waals surface area contributed by atoms with Crippen LogP contribution in [-0.2, 0) is 6.61 Å². The number of ether oxygens (including phenoxy) is 1. The third-order valence-corrected chi connectivity index (χ3v) is 2.79. The fraction of sp³-hybridized carbons (Fsp3) is 0.333. The molecule has 1 heterocycles. The van der Waals surface area contributed by atoms with E-state index in [0.29, 0.717) is 19.0 Å². The van der Waals surface area contributed by atoms with Gasteiger partial charge in [-0.2, -0.15) is 0 Å². The molecule has 2 aromatic rings. The van der Waals surface area contributed by atoms with Gasteiger partial charge in [-0.05, 0) is 24.8 Å². The van der Waals surface area contributed by atoms with Gasteiger partial charge in [-0.15, -0.1) is 0 Å². The molecule has 0 saturated carbocycles. The first-order chi connectivity index (χ1) is 10.1. The third-order valence-electron chi connectivity index (χ3n) is 2.79. The molecular formula is C15H19N3O3. The number of carbonyl (C=O) groups is 1. The van der Waals surface area contributed by atoms with Crippen LogP contribution >= 0.6 is 0 Å². The molecule has 0 saturated heterocycles. The van der Waals surface area contributed by atoms with Crippen LogP contribution in [0.5, 0.6) is 5.88 Å². The molecule has 0 aliphatic rings. The van der Waals surface area contributed by atoms with Crippen LogP contribution in [0.3, 0.4) is 0 Å². The van der Waals surface area contributed by atoms with Crippen LogP contribution in [-0.4, -0.2) is 43.1 Å². The normalized spacial score (nSPS) is 10.6. The number of hydrogen-bond acceptors (Lipinski definition) is 5. The van der Waals surface area contributed by atoms with Gasteiger partial charge < -0.3 is 19.5 Å². The number of hydrogen-bond donors (Lipinski definition) is 1. The summed E-state index contributed by atoms with van der Waals surface area (Å²) in [6, 6.07) is 11.2. The van der Waals surface area contributed by atoms with Gasteiger partial charge in [0.05, 0.1) is 6.07 Å². The number of rotatable bonds is 7. The summed E-state index contributed by atoms with van der Waals surface area (Å²) < 4.78 is 10.4. The van der Waals surface area contributed by atoms with Crippen LogP contribution < -0.4 is 10.1 Å². The van der Waals surface area contributed by atoms with Crippen LogP contribution in [0.25, 0.3) is 0 Å². The Labute approximate surface area is 123 Å². The van der Waals surface area contributed by atoms with Crippen LogP contribution in [0, 0.1) is 0 Å². The van der Waals surface area contributed by atoms with E-state index in [-0.39, 0.29) is 11.7 Å². The monoisotopic (exact) mass is 289 g/mol. The second-order valence-corrected chi connectivity index (χ2v) is 4.86. The summed E-state index contributed by atoms with van der Waals surface area (Å²) in [6.07, 6.45) is 0. The van der Waals surface area contributed by atoms with Crippen LogP contribution in [0.2, 0.25) is 0 Å². The van der Waals surface area contributed by atoms with Crippen molar-refractivity contribution >= 4 is 5.91 Å². The molecule has 1 N–H and O–H groups in total. The Bertz CT molecular complexity index is 567. The second kappa shape index (κ2) is 7.44. The molecule has 1 aromatic carbocycles. The summed E-state index contributed by atoms with van der Waals surface area (Å²) >= 11 is 0. The van der Waals surface area contributed by atoms with Crippen molar-refractivity contribution in [1.29, 1.82) is 0 Å². The highest BCUT2D eigenvalue weighted by Gasteiger charge is 2.13. The van der Waals surface area contributed by atoms with Crippen molar-refractivity contribution in [1.82, 2.24) is 15.4 Å². The number of amides is 1. The maximum atomic E-state index is 11.8. The molecule has 0 spiro atoms. The zero-order valence-corrected chi connectivity index (χ0v) is 12.2. The van der Waals surface area contributed by atoms with Crippen molar-refractivity contribution in [2.75, 3.05) is 27.2 Å². The van der Waals surface area contributed by atoms with Gasteiger partial charge in [0.2, 0.25) is 5.76 Å². The molecule has 6 heteroatoms. The van der Waals surface area contributed by atoms with Gasteiger partial charge in [-0.1, -0.05) is 30.3 Å². The zero-order valence-electron chi connectivity index (χ0n) is 12.2. The van der Waals surface area contributed by atoms with Gasteiger partial charge in [0.1, 0.15) is 6.61 Å². The van der Waals surface area contributed by atoms with Crippen molar-refractivity contribution in [3.05, 3.63) is 47.7 Å². The Balaban J connectivity index is 1.82. The van der Waals surface area contributed by atoms with Crippen molar-refractivity contribution < 1.29 is 14.1 Å². The average molecular weight is 289 g/mol. The molecule has 0 atom stereocenters. The van der Waals surface area contributed by atoms with Gasteiger partial charge in [0, 0.05) is 13.1 Å². The molecule has 21 heavy (non-hydrogen) atoms. The smallest absolute Gasteiger partial charge is 0.290 e. The highest BCUT2D eigenvalue weighted by atomic mass is 16.5. The van der Waals surface area contributed by atoms with Crippen molar-refractivity contribution in [3.63, 3.8) is 0 Å². The molecule has 2 rings (SSSR count). The van der Waals surface area contributed by atoms with E-state index in [9.17, 15) is 4.79 Å². The first kappa shape index (κ1) is 15.1. The molecule has 0 fully saturated rings. The van der Waals surface area contributed by atoms with E-state index in [4.69, 9.17) is 9.26 Å². The third kappa shape index (κ3) is 4.92. The predicted molar refractivity (Wildman–Crippen MR) is 78.2 cm³/mol. The number of likely N-dealkylation sites (N-methyl/N-ethyl adjacent to an activating group) is 1. The molecule has 0 radical (unpaired) electrons. The topological polar surface area (TPSA) is 67.6 Å². The second-order valence-electron chi connectivity index (χ2n) is 4.86. The maximum Gasteiger partial charge on any atom is 0.290 e. The van der Waals surface area contributed by atoms with Gasteiger partial charge in [0.25, 0.3) is 11.8 Å². The lowest BCUT2D eigenvalue weighted by Gasteiger charge is -2.08. The standard InChI is InChI=1S/C15H19N3O3/c1-18(2)9-8-16-15(19)13-10-14(17-21-13)20-11-12-6-4-3-5-7-12/h3-7,10H,8-9,11H2,1-2H3,(H,16,19). The molecule has 0 bridgehead atoms. The lowest BCUT2D eigenvalue weighted by atomic mass is 10.2. The molecule has 0 unspecified atom stereocenters. The van der Waals surface area contributed by atoms with Gasteiger partial charge >= 0.3 is 0 Å². The summed E-state index contributed by atoms with van der Waals surface area (Å²) in [5.41, 5.74) is 1.03. The number of benzene rings is 1. The van der Waals surface area contributed by atoms with Gasteiger partial charge in [-0.3, -0.25) is 4.79 Å². The van der Waals surface area contributed by atoms with E-state index in [1.807, 2.05) is 49.3 Å². The Morgan fingerprint density at radius 1 is 1.33 bits per heavy atom. The van der Waals surface area contributed by atoms with Crippen molar-refractivity contribution in [2.45, 2.75) is 6.61 Å². The molecule has 6 nitrogen and oxygen atoms in total. The lowest BCUT2D eigenvalue weighted by molar-refractivity contribution is 0.0913. The molecule has 112 valence electrons. The molecule has 0 aliphatic heterocycles. The number of carbonyl (C=O) groups excluding carboxylic acids is 1. The molecular weight excluding hydrogens is 270 g/mol. The summed E-state index contributed by atoms with van der Waals surface area (Å²) in [5.74, 6) is 0.160. The molecule has 1 amide bonds. The maximum absolute atomic E-state index is 11.8. The quantitative estimate of drug-likeness (QED) is 0.837. The van der Waals surface area contributed by atoms with E-state index in [1.165, 1.54) is 6.07 Å². The Kier molecular flexibility index (Phi) is 5.34. The Morgan fingerprint density at radius 3 is 2.81 bits per heavy atom. The highest BCUT2D eigenvalue weighted by molar-refractivity contribution is 5.91. The van der Waals surface area contributed by atoms with Crippen LogP contribution in [0.4, 0.5) is 0 Å². The summed E-state index contributed by atoms with van der Waals surface area (Å²) in [4.78, 5) is 13.8. The average Bonchev–Trinajstić information content (AvgIpc) is 2.95. The Hall–Kier alpha value is -2.34. The van der Waals surface area contributed by atoms with Gasteiger partial charge in [-0.25, -0.2) is 0 Å². The first-order valence-corrected chi connectivity index (χ1v) is 6.71. The van der Waals surface area contributed by atoms with Crippen molar-refractivity contribution in [2.24, 2.45) is 0 Å². The highest BCUT2D eigenvalue weighted by Crippen LogP contribution is 2.13. The summed E-state index contributed by atoms with van der Waals surface area (Å²) in [7, 11) is 3.88. The fourth-order valence-electron chi connectivity index (χ4n) is 1.65. The Morgan fingerprint density at radius 2 is 2.10 bits per heavy atom. The number of nitrogens with one attached hydrogen (secondary N) is 1. The molecule has 0 aliphatic carbocycles. The van der Waals surface area contributed by atoms with E-state index in [0.717, 1.165) is 12.1 Å².